The molecule has 132 valence electrons. The van der Waals surface area contributed by atoms with E-state index in [1.54, 1.807) is 0 Å². The molecule has 0 saturated carbocycles. The topological polar surface area (TPSA) is 9.23 Å². The summed E-state index contributed by atoms with van der Waals surface area (Å²) in [5.74, 6) is 0. The molecule has 0 fully saturated rings. The predicted molar refractivity (Wildman–Crippen MR) is 106 cm³/mol. The summed E-state index contributed by atoms with van der Waals surface area (Å²) in [6, 6.07) is 10.7. The van der Waals surface area contributed by atoms with E-state index >= 15 is 0 Å². The van der Waals surface area contributed by atoms with Gasteiger partial charge in [0.25, 0.3) is 0 Å². The normalized spacial score (nSPS) is 14.1. The van der Waals surface area contributed by atoms with Gasteiger partial charge in [0.15, 0.2) is 0 Å². The fraction of sp³-hybridized carbons (Fsp3) is 0.714. The molecule has 0 aromatic heterocycles. The van der Waals surface area contributed by atoms with Gasteiger partial charge in [0.05, 0.1) is 0 Å². The molecule has 0 unspecified atom stereocenters. The second-order valence-corrected chi connectivity index (χ2v) is 16.0. The van der Waals surface area contributed by atoms with Gasteiger partial charge in [0.1, 0.15) is 0 Å². The zero-order chi connectivity index (χ0) is 17.9. The van der Waals surface area contributed by atoms with E-state index in [1.807, 2.05) is 0 Å². The molecule has 0 amide bonds. The van der Waals surface area contributed by atoms with E-state index in [0.717, 1.165) is 19.4 Å². The first-order chi connectivity index (χ1) is 10.3. The lowest BCUT2D eigenvalue weighted by atomic mass is 10.1. The Labute approximate surface area is 146 Å². The molecule has 1 aromatic rings. The van der Waals surface area contributed by atoms with Crippen molar-refractivity contribution in [3.63, 3.8) is 0 Å². The monoisotopic (exact) mass is 334 g/mol. The van der Waals surface area contributed by atoms with Crippen molar-refractivity contribution in [3.05, 3.63) is 35.9 Å². The van der Waals surface area contributed by atoms with Crippen molar-refractivity contribution >= 4 is 8.32 Å². The van der Waals surface area contributed by atoms with Crippen LogP contribution in [0, 0.1) is 0 Å². The fourth-order valence-corrected chi connectivity index (χ4v) is 13.7. The maximum atomic E-state index is 6.88. The zero-order valence-corrected chi connectivity index (χ0v) is 17.9. The van der Waals surface area contributed by atoms with Crippen LogP contribution in [0.2, 0.25) is 15.1 Å². The maximum Gasteiger partial charge on any atom is 0.208 e. The summed E-state index contributed by atoms with van der Waals surface area (Å²) in [6.45, 7) is 22.3. The van der Waals surface area contributed by atoms with E-state index in [9.17, 15) is 0 Å². The van der Waals surface area contributed by atoms with Gasteiger partial charge < -0.3 is 4.43 Å². The summed E-state index contributed by atoms with van der Waals surface area (Å²) in [5.41, 5.74) is 1.41. The van der Waals surface area contributed by atoms with E-state index in [-0.39, 0.29) is 15.1 Å². The molecule has 0 bridgehead atoms. The second-order valence-electron chi connectivity index (χ2n) is 9.87. The third-order valence-corrected chi connectivity index (χ3v) is 11.9. The Morgan fingerprint density at radius 3 is 1.57 bits per heavy atom. The number of hydrogen-bond acceptors (Lipinski definition) is 1. The number of benzene rings is 1. The highest BCUT2D eigenvalue weighted by atomic mass is 28.4. The first kappa shape index (κ1) is 20.4. The molecule has 0 radical (unpaired) electrons. The van der Waals surface area contributed by atoms with Gasteiger partial charge >= 0.3 is 0 Å². The van der Waals surface area contributed by atoms with Gasteiger partial charge in [-0.2, -0.15) is 0 Å². The lowest BCUT2D eigenvalue weighted by Gasteiger charge is -2.58. The highest BCUT2D eigenvalue weighted by molar-refractivity contribution is 6.82. The van der Waals surface area contributed by atoms with E-state index < -0.39 is 8.32 Å². The number of hydrogen-bond donors (Lipinski definition) is 0. The van der Waals surface area contributed by atoms with Gasteiger partial charge in [-0.25, -0.2) is 0 Å². The molecule has 1 nitrogen and oxygen atoms in total. The van der Waals surface area contributed by atoms with Crippen molar-refractivity contribution < 1.29 is 4.43 Å². The number of aryl methyl sites for hydroxylation is 1. The standard InChI is InChI=1S/C21H38OSi/c1-19(2,3)23(20(4,5)6,21(7,8)9)22-17-13-16-18-14-11-10-12-15-18/h10-12,14-15H,13,16-17H2,1-9H3. The second kappa shape index (κ2) is 7.10. The maximum absolute atomic E-state index is 6.88. The molecule has 0 aliphatic carbocycles. The molecule has 1 rings (SSSR count). The molecule has 0 aliphatic rings. The molecule has 2 heteroatoms. The van der Waals surface area contributed by atoms with E-state index in [0.29, 0.717) is 0 Å². The molecule has 0 saturated heterocycles. The molecule has 0 N–H and O–H groups in total. The molecular weight excluding hydrogens is 296 g/mol. The first-order valence-electron chi connectivity index (χ1n) is 9.01. The zero-order valence-electron chi connectivity index (χ0n) is 16.9. The van der Waals surface area contributed by atoms with E-state index in [1.165, 1.54) is 5.56 Å². The predicted octanol–water partition coefficient (Wildman–Crippen LogP) is 6.98. The van der Waals surface area contributed by atoms with Crippen LogP contribution in [-0.2, 0) is 10.8 Å². The molecule has 1 aromatic carbocycles. The minimum Gasteiger partial charge on any atom is -0.415 e. The Hall–Kier alpha value is -0.603. The molecule has 0 heterocycles. The molecule has 0 spiro atoms. The van der Waals surface area contributed by atoms with Gasteiger partial charge in [0.2, 0.25) is 8.32 Å². The quantitative estimate of drug-likeness (QED) is 0.417. The van der Waals surface area contributed by atoms with Gasteiger partial charge in [0, 0.05) is 6.61 Å². The first-order valence-corrected chi connectivity index (χ1v) is 10.9. The van der Waals surface area contributed by atoms with Gasteiger partial charge in [-0.05, 0) is 33.5 Å². The van der Waals surface area contributed by atoms with Crippen LogP contribution in [0.1, 0.15) is 74.3 Å². The van der Waals surface area contributed by atoms with Crippen LogP contribution in [0.5, 0.6) is 0 Å². The fourth-order valence-electron chi connectivity index (χ4n) is 5.17. The van der Waals surface area contributed by atoms with Crippen LogP contribution >= 0.6 is 0 Å². The van der Waals surface area contributed by atoms with Gasteiger partial charge in [-0.3, -0.25) is 0 Å². The summed E-state index contributed by atoms with van der Waals surface area (Å²) in [6.07, 6.45) is 2.20. The molecular formula is C21H38OSi. The average molecular weight is 335 g/mol. The minimum atomic E-state index is -2.04. The van der Waals surface area contributed by atoms with Crippen LogP contribution in [0.25, 0.3) is 0 Å². The number of rotatable bonds is 5. The Morgan fingerprint density at radius 1 is 0.739 bits per heavy atom. The SMILES string of the molecule is CC(C)(C)[Si](OCCCc1ccccc1)(C(C)(C)C)C(C)(C)C. The van der Waals surface area contributed by atoms with Crippen molar-refractivity contribution in [2.75, 3.05) is 6.61 Å². The van der Waals surface area contributed by atoms with Crippen LogP contribution in [-0.4, -0.2) is 14.9 Å². The summed E-state index contributed by atoms with van der Waals surface area (Å²) in [4.78, 5) is 0. The average Bonchev–Trinajstić information content (AvgIpc) is 2.35. The van der Waals surface area contributed by atoms with Crippen molar-refractivity contribution in [1.82, 2.24) is 0 Å². The Balaban J connectivity index is 2.90. The summed E-state index contributed by atoms with van der Waals surface area (Å²) < 4.78 is 6.88. The largest absolute Gasteiger partial charge is 0.415 e. The Kier molecular flexibility index (Phi) is 6.31. The van der Waals surface area contributed by atoms with Crippen molar-refractivity contribution in [1.29, 1.82) is 0 Å². The lowest BCUT2D eigenvalue weighted by molar-refractivity contribution is 0.230. The van der Waals surface area contributed by atoms with Crippen molar-refractivity contribution in [2.24, 2.45) is 0 Å². The van der Waals surface area contributed by atoms with Crippen LogP contribution < -0.4 is 0 Å². The summed E-state index contributed by atoms with van der Waals surface area (Å²) >= 11 is 0. The third kappa shape index (κ3) is 4.48. The minimum absolute atomic E-state index is 0.205. The molecule has 0 atom stereocenters. The van der Waals surface area contributed by atoms with Crippen molar-refractivity contribution in [2.45, 2.75) is 90.3 Å². The highest BCUT2D eigenvalue weighted by Crippen LogP contribution is 2.62. The summed E-state index contributed by atoms with van der Waals surface area (Å²) in [7, 11) is -2.04. The van der Waals surface area contributed by atoms with E-state index in [2.05, 4.69) is 92.6 Å². The lowest BCUT2D eigenvalue weighted by Crippen LogP contribution is -2.60. The van der Waals surface area contributed by atoms with Crippen LogP contribution in [0.15, 0.2) is 30.3 Å². The van der Waals surface area contributed by atoms with Crippen molar-refractivity contribution in [3.8, 4) is 0 Å². The van der Waals surface area contributed by atoms with Gasteiger partial charge in [-0.1, -0.05) is 92.6 Å². The molecule has 0 aliphatic heterocycles. The summed E-state index contributed by atoms with van der Waals surface area (Å²) in [5, 5.41) is 0.614. The van der Waals surface area contributed by atoms with Gasteiger partial charge in [-0.15, -0.1) is 0 Å². The Morgan fingerprint density at radius 2 is 1.17 bits per heavy atom. The van der Waals surface area contributed by atoms with Crippen LogP contribution in [0.3, 0.4) is 0 Å². The Bertz CT molecular complexity index is 435. The van der Waals surface area contributed by atoms with E-state index in [4.69, 9.17) is 4.43 Å². The molecule has 23 heavy (non-hydrogen) atoms. The smallest absolute Gasteiger partial charge is 0.208 e. The highest BCUT2D eigenvalue weighted by Gasteiger charge is 2.61. The third-order valence-electron chi connectivity index (χ3n) is 4.94. The van der Waals surface area contributed by atoms with Crippen LogP contribution in [0.4, 0.5) is 0 Å².